The minimum atomic E-state index is -0.00662. The van der Waals surface area contributed by atoms with Crippen LogP contribution in [-0.2, 0) is 11.8 Å². The normalized spacial score (nSPS) is 12.8. The summed E-state index contributed by atoms with van der Waals surface area (Å²) in [5.41, 5.74) is 1.64. The topological polar surface area (TPSA) is 44.1 Å². The van der Waals surface area contributed by atoms with Crippen LogP contribution >= 0.6 is 0 Å². The lowest BCUT2D eigenvalue weighted by Crippen LogP contribution is -2.14. The summed E-state index contributed by atoms with van der Waals surface area (Å²) in [6.45, 7) is 4.45. The first-order valence-corrected chi connectivity index (χ1v) is 5.09. The van der Waals surface area contributed by atoms with Gasteiger partial charge in [-0.25, -0.2) is 0 Å². The molecule has 0 saturated heterocycles. The van der Waals surface area contributed by atoms with E-state index >= 15 is 0 Å². The first kappa shape index (κ1) is 11.9. The highest BCUT2D eigenvalue weighted by Crippen LogP contribution is 2.14. The van der Waals surface area contributed by atoms with Crippen LogP contribution in [0, 0.1) is 12.8 Å². The largest absolute Gasteiger partial charge is 0.385 e. The average Bonchev–Trinajstić information content (AvgIpc) is 2.55. The van der Waals surface area contributed by atoms with Gasteiger partial charge < -0.3 is 4.74 Å². The molecule has 0 spiro atoms. The summed E-state index contributed by atoms with van der Waals surface area (Å²) in [5.74, 6) is 0.144. The average molecular weight is 210 g/mol. The van der Waals surface area contributed by atoms with Crippen LogP contribution in [0.25, 0.3) is 0 Å². The molecule has 15 heavy (non-hydrogen) atoms. The molecule has 0 aliphatic carbocycles. The fourth-order valence-electron chi connectivity index (χ4n) is 1.43. The number of ether oxygens (including phenoxy) is 1. The Balaban J connectivity index is 2.72. The molecule has 1 atom stereocenters. The van der Waals surface area contributed by atoms with Crippen LogP contribution in [-0.4, -0.2) is 29.3 Å². The molecule has 0 saturated carbocycles. The van der Waals surface area contributed by atoms with Crippen molar-refractivity contribution in [1.29, 1.82) is 0 Å². The number of carbonyl (C=O) groups excluding carboxylic acids is 1. The quantitative estimate of drug-likeness (QED) is 0.693. The molecule has 0 fully saturated rings. The summed E-state index contributed by atoms with van der Waals surface area (Å²) in [4.78, 5) is 12.0. The fourth-order valence-corrected chi connectivity index (χ4v) is 1.43. The van der Waals surface area contributed by atoms with E-state index in [0.717, 1.165) is 17.7 Å². The van der Waals surface area contributed by atoms with Gasteiger partial charge >= 0.3 is 0 Å². The molecule has 0 bridgehead atoms. The summed E-state index contributed by atoms with van der Waals surface area (Å²) < 4.78 is 6.68. The molecule has 1 unspecified atom stereocenters. The number of ketones is 1. The van der Waals surface area contributed by atoms with E-state index in [1.54, 1.807) is 18.0 Å². The van der Waals surface area contributed by atoms with Gasteiger partial charge in [0.25, 0.3) is 0 Å². The van der Waals surface area contributed by atoms with Gasteiger partial charge in [-0.2, -0.15) is 5.10 Å². The smallest absolute Gasteiger partial charge is 0.169 e. The molecular weight excluding hydrogens is 192 g/mol. The van der Waals surface area contributed by atoms with Crippen molar-refractivity contribution in [1.82, 2.24) is 9.78 Å². The second-order valence-corrected chi connectivity index (χ2v) is 3.81. The first-order valence-electron chi connectivity index (χ1n) is 5.09. The number of rotatable bonds is 5. The molecular formula is C11H18N2O2. The highest BCUT2D eigenvalue weighted by Gasteiger charge is 2.18. The second kappa shape index (κ2) is 5.07. The molecule has 0 radical (unpaired) electrons. The van der Waals surface area contributed by atoms with Gasteiger partial charge in [0.15, 0.2) is 5.78 Å². The van der Waals surface area contributed by atoms with E-state index in [1.807, 2.05) is 20.9 Å². The number of aryl methyl sites for hydroxylation is 1. The van der Waals surface area contributed by atoms with Crippen molar-refractivity contribution in [3.63, 3.8) is 0 Å². The third-order valence-electron chi connectivity index (χ3n) is 2.70. The lowest BCUT2D eigenvalue weighted by atomic mass is 9.97. The first-order chi connectivity index (χ1) is 7.07. The van der Waals surface area contributed by atoms with Gasteiger partial charge in [0.05, 0.1) is 11.8 Å². The highest BCUT2D eigenvalue weighted by atomic mass is 16.5. The van der Waals surface area contributed by atoms with E-state index in [9.17, 15) is 4.79 Å². The maximum Gasteiger partial charge on any atom is 0.169 e. The number of nitrogens with zero attached hydrogens (tertiary/aromatic N) is 2. The van der Waals surface area contributed by atoms with Crippen molar-refractivity contribution < 1.29 is 9.53 Å². The Bertz CT molecular complexity index is 344. The molecule has 4 nitrogen and oxygen atoms in total. The van der Waals surface area contributed by atoms with Gasteiger partial charge in [-0.15, -0.1) is 0 Å². The minimum absolute atomic E-state index is 0.00662. The van der Waals surface area contributed by atoms with Crippen molar-refractivity contribution in [3.8, 4) is 0 Å². The van der Waals surface area contributed by atoms with Gasteiger partial charge in [0.1, 0.15) is 0 Å². The van der Waals surface area contributed by atoms with Crippen molar-refractivity contribution in [2.24, 2.45) is 13.0 Å². The van der Waals surface area contributed by atoms with E-state index in [-0.39, 0.29) is 11.7 Å². The van der Waals surface area contributed by atoms with E-state index in [1.165, 1.54) is 0 Å². The molecule has 1 rings (SSSR count). The van der Waals surface area contributed by atoms with Crippen LogP contribution in [0.2, 0.25) is 0 Å². The number of carbonyl (C=O) groups is 1. The number of aromatic nitrogens is 2. The predicted octanol–water partition coefficient (Wildman–Crippen LogP) is 1.58. The summed E-state index contributed by atoms with van der Waals surface area (Å²) in [6, 6.07) is 0. The minimum Gasteiger partial charge on any atom is -0.385 e. The van der Waals surface area contributed by atoms with Crippen LogP contribution in [0.3, 0.4) is 0 Å². The molecule has 4 heteroatoms. The Kier molecular flexibility index (Phi) is 4.03. The van der Waals surface area contributed by atoms with Gasteiger partial charge in [-0.3, -0.25) is 9.48 Å². The lowest BCUT2D eigenvalue weighted by molar-refractivity contribution is 0.0893. The summed E-state index contributed by atoms with van der Waals surface area (Å²) in [6.07, 6.45) is 2.39. The van der Waals surface area contributed by atoms with Crippen molar-refractivity contribution >= 4 is 5.78 Å². The Morgan fingerprint density at radius 2 is 2.33 bits per heavy atom. The zero-order valence-corrected chi connectivity index (χ0v) is 9.78. The van der Waals surface area contributed by atoms with Crippen molar-refractivity contribution in [3.05, 3.63) is 17.5 Å². The molecule has 1 aromatic heterocycles. The van der Waals surface area contributed by atoms with Gasteiger partial charge in [-0.05, 0) is 13.3 Å². The van der Waals surface area contributed by atoms with Crippen LogP contribution in [0.15, 0.2) is 6.20 Å². The number of hydrogen-bond donors (Lipinski definition) is 0. The van der Waals surface area contributed by atoms with Crippen LogP contribution in [0.4, 0.5) is 0 Å². The number of Topliss-reactive ketones (excluding diaryl/α,β-unsaturated/α-hetero) is 1. The Hall–Kier alpha value is -1.16. The summed E-state index contributed by atoms with van der Waals surface area (Å²) in [7, 11) is 3.48. The SMILES string of the molecule is COCCC(C)C(=O)c1cnn(C)c1C. The van der Waals surface area contributed by atoms with E-state index < -0.39 is 0 Å². The molecule has 1 aromatic rings. The van der Waals surface area contributed by atoms with Gasteiger partial charge in [0.2, 0.25) is 0 Å². The molecule has 1 heterocycles. The van der Waals surface area contributed by atoms with Crippen LogP contribution in [0.1, 0.15) is 29.4 Å². The summed E-state index contributed by atoms with van der Waals surface area (Å²) >= 11 is 0. The second-order valence-electron chi connectivity index (χ2n) is 3.81. The van der Waals surface area contributed by atoms with E-state index in [0.29, 0.717) is 6.61 Å². The van der Waals surface area contributed by atoms with Crippen molar-refractivity contribution in [2.45, 2.75) is 20.3 Å². The molecule has 0 N–H and O–H groups in total. The third kappa shape index (κ3) is 2.65. The molecule has 0 aliphatic rings. The molecule has 0 aromatic carbocycles. The molecule has 0 amide bonds. The van der Waals surface area contributed by atoms with Gasteiger partial charge in [0, 0.05) is 32.4 Å². The predicted molar refractivity (Wildman–Crippen MR) is 57.9 cm³/mol. The highest BCUT2D eigenvalue weighted by molar-refractivity contribution is 5.98. The maximum absolute atomic E-state index is 12.0. The number of hydrogen-bond acceptors (Lipinski definition) is 3. The van der Waals surface area contributed by atoms with E-state index in [2.05, 4.69) is 5.10 Å². The lowest BCUT2D eigenvalue weighted by Gasteiger charge is -2.08. The fraction of sp³-hybridized carbons (Fsp3) is 0.636. The van der Waals surface area contributed by atoms with Crippen molar-refractivity contribution in [2.75, 3.05) is 13.7 Å². The Labute approximate surface area is 90.2 Å². The maximum atomic E-state index is 12.0. The Morgan fingerprint density at radius 3 is 2.80 bits per heavy atom. The molecule has 0 aliphatic heterocycles. The zero-order valence-electron chi connectivity index (χ0n) is 9.78. The van der Waals surface area contributed by atoms with Gasteiger partial charge in [-0.1, -0.05) is 6.92 Å². The third-order valence-corrected chi connectivity index (χ3v) is 2.70. The van der Waals surface area contributed by atoms with Crippen LogP contribution < -0.4 is 0 Å². The Morgan fingerprint density at radius 1 is 1.67 bits per heavy atom. The van der Waals surface area contributed by atoms with E-state index in [4.69, 9.17) is 4.74 Å². The standard InChI is InChI=1S/C11H18N2O2/c1-8(5-6-15-4)11(14)10-7-12-13(3)9(10)2/h7-8H,5-6H2,1-4H3. The number of methoxy groups -OCH3 is 1. The molecule has 84 valence electrons. The monoisotopic (exact) mass is 210 g/mol. The van der Waals surface area contributed by atoms with Crippen LogP contribution in [0.5, 0.6) is 0 Å². The zero-order chi connectivity index (χ0) is 11.4. The summed E-state index contributed by atoms with van der Waals surface area (Å²) in [5, 5.41) is 4.06.